The van der Waals surface area contributed by atoms with Crippen LogP contribution in [0, 0.1) is 5.92 Å². The Balaban J connectivity index is 2.26. The van der Waals surface area contributed by atoms with E-state index in [2.05, 4.69) is 12.6 Å². The lowest BCUT2D eigenvalue weighted by Gasteiger charge is -2.23. The molecule has 0 saturated carbocycles. The minimum absolute atomic E-state index is 0.164. The van der Waals surface area contributed by atoms with Gasteiger partial charge in [-0.1, -0.05) is 29.8 Å². The van der Waals surface area contributed by atoms with E-state index in [1.165, 1.54) is 5.56 Å². The third kappa shape index (κ3) is 2.01. The van der Waals surface area contributed by atoms with Crippen molar-refractivity contribution in [3.63, 3.8) is 0 Å². The third-order valence-electron chi connectivity index (χ3n) is 3.01. The molecule has 0 radical (unpaired) electrons. The Labute approximate surface area is 90.8 Å². The second-order valence-corrected chi connectivity index (χ2v) is 4.42. The quantitative estimate of drug-likeness (QED) is 0.669. The number of aryl methyl sites for hydroxylation is 1. The number of carbonyl (C=O) groups excluding carboxylic acids is 1. The highest BCUT2D eigenvalue weighted by Gasteiger charge is 2.26. The van der Waals surface area contributed by atoms with E-state index in [0.29, 0.717) is 5.78 Å². The zero-order valence-electron chi connectivity index (χ0n) is 9.12. The lowest BCUT2D eigenvalue weighted by molar-refractivity contribution is 0.0901. The van der Waals surface area contributed by atoms with E-state index in [1.807, 2.05) is 25.1 Å². The normalized spacial score (nSPS) is 19.8. The maximum atomic E-state index is 12.1. The summed E-state index contributed by atoms with van der Waals surface area (Å²) >= 11 is 0. The monoisotopic (exact) mass is 200 g/mol. The van der Waals surface area contributed by atoms with Crippen molar-refractivity contribution in [2.24, 2.45) is 5.92 Å². The van der Waals surface area contributed by atoms with Gasteiger partial charge in [-0.3, -0.25) is 4.79 Å². The summed E-state index contributed by atoms with van der Waals surface area (Å²) in [6.45, 7) is 5.88. The summed E-state index contributed by atoms with van der Waals surface area (Å²) in [6.07, 6.45) is 2.84. The van der Waals surface area contributed by atoms with Gasteiger partial charge in [0.15, 0.2) is 5.78 Å². The van der Waals surface area contributed by atoms with Crippen molar-refractivity contribution in [2.45, 2.75) is 26.2 Å². The average Bonchev–Trinajstić information content (AvgIpc) is 2.22. The number of ketones is 1. The van der Waals surface area contributed by atoms with Gasteiger partial charge in [0, 0.05) is 11.5 Å². The van der Waals surface area contributed by atoms with Crippen LogP contribution in [0.3, 0.4) is 0 Å². The SMILES string of the molecule is C=C(C)CC1CCc2ccccc2C1=O. The number of hydrogen-bond acceptors (Lipinski definition) is 1. The molecule has 0 N–H and O–H groups in total. The van der Waals surface area contributed by atoms with Crippen LogP contribution in [0.5, 0.6) is 0 Å². The van der Waals surface area contributed by atoms with Crippen LogP contribution >= 0.6 is 0 Å². The maximum absolute atomic E-state index is 12.1. The van der Waals surface area contributed by atoms with Crippen molar-refractivity contribution >= 4 is 5.78 Å². The van der Waals surface area contributed by atoms with E-state index < -0.39 is 0 Å². The van der Waals surface area contributed by atoms with Crippen molar-refractivity contribution < 1.29 is 4.79 Å². The third-order valence-corrected chi connectivity index (χ3v) is 3.01. The summed E-state index contributed by atoms with van der Waals surface area (Å²) in [5.74, 6) is 0.470. The number of hydrogen-bond donors (Lipinski definition) is 0. The first-order chi connectivity index (χ1) is 7.18. The molecule has 1 unspecified atom stereocenters. The van der Waals surface area contributed by atoms with Crippen LogP contribution in [0.1, 0.15) is 35.7 Å². The Morgan fingerprint density at radius 1 is 1.47 bits per heavy atom. The molecule has 1 atom stereocenters. The summed E-state index contributed by atoms with van der Waals surface area (Å²) in [5.41, 5.74) is 3.24. The molecule has 0 amide bonds. The molecule has 78 valence electrons. The second-order valence-electron chi connectivity index (χ2n) is 4.42. The predicted molar refractivity (Wildman–Crippen MR) is 62.0 cm³/mol. The van der Waals surface area contributed by atoms with Crippen molar-refractivity contribution in [1.29, 1.82) is 0 Å². The number of rotatable bonds is 2. The molecule has 1 aromatic rings. The molecule has 1 aromatic carbocycles. The van der Waals surface area contributed by atoms with Crippen molar-refractivity contribution in [3.8, 4) is 0 Å². The summed E-state index contributed by atoms with van der Waals surface area (Å²) < 4.78 is 0. The molecule has 15 heavy (non-hydrogen) atoms. The van der Waals surface area contributed by atoms with E-state index in [-0.39, 0.29) is 5.92 Å². The molecule has 2 rings (SSSR count). The van der Waals surface area contributed by atoms with Gasteiger partial charge < -0.3 is 0 Å². The Morgan fingerprint density at radius 2 is 2.20 bits per heavy atom. The van der Waals surface area contributed by atoms with Gasteiger partial charge >= 0.3 is 0 Å². The lowest BCUT2D eigenvalue weighted by Crippen LogP contribution is -2.22. The van der Waals surface area contributed by atoms with Gasteiger partial charge in [0.05, 0.1) is 0 Å². The van der Waals surface area contributed by atoms with Crippen LogP contribution in [-0.4, -0.2) is 5.78 Å². The van der Waals surface area contributed by atoms with Gasteiger partial charge in [0.2, 0.25) is 0 Å². The fourth-order valence-corrected chi connectivity index (χ4v) is 2.27. The fourth-order valence-electron chi connectivity index (χ4n) is 2.27. The molecule has 0 aromatic heterocycles. The average molecular weight is 200 g/mol. The number of Topliss-reactive ketones (excluding diaryl/α,β-unsaturated/α-hetero) is 1. The first-order valence-corrected chi connectivity index (χ1v) is 5.45. The first-order valence-electron chi connectivity index (χ1n) is 5.45. The Hall–Kier alpha value is -1.37. The molecule has 0 bridgehead atoms. The van der Waals surface area contributed by atoms with Gasteiger partial charge in [-0.05, 0) is 31.7 Å². The minimum Gasteiger partial charge on any atom is -0.294 e. The van der Waals surface area contributed by atoms with Gasteiger partial charge in [0.25, 0.3) is 0 Å². The summed E-state index contributed by atoms with van der Waals surface area (Å²) in [4.78, 5) is 12.1. The molecule has 0 aliphatic heterocycles. The van der Waals surface area contributed by atoms with Crippen LogP contribution in [0.15, 0.2) is 36.4 Å². The molecule has 0 heterocycles. The van der Waals surface area contributed by atoms with Gasteiger partial charge in [-0.15, -0.1) is 6.58 Å². The van der Waals surface area contributed by atoms with E-state index in [9.17, 15) is 4.79 Å². The largest absolute Gasteiger partial charge is 0.294 e. The molecule has 0 fully saturated rings. The molecule has 1 aliphatic carbocycles. The zero-order chi connectivity index (χ0) is 10.8. The predicted octanol–water partition coefficient (Wildman–Crippen LogP) is 3.40. The van der Waals surface area contributed by atoms with Gasteiger partial charge in [0.1, 0.15) is 0 Å². The summed E-state index contributed by atoms with van der Waals surface area (Å²) in [6, 6.07) is 7.96. The minimum atomic E-state index is 0.164. The molecule has 1 heteroatoms. The highest BCUT2D eigenvalue weighted by Crippen LogP contribution is 2.28. The molecule has 1 aliphatic rings. The van der Waals surface area contributed by atoms with Crippen LogP contribution < -0.4 is 0 Å². The van der Waals surface area contributed by atoms with Crippen molar-refractivity contribution in [2.75, 3.05) is 0 Å². The lowest BCUT2D eigenvalue weighted by atomic mass is 9.80. The van der Waals surface area contributed by atoms with E-state index in [1.54, 1.807) is 0 Å². The van der Waals surface area contributed by atoms with Crippen LogP contribution in [0.25, 0.3) is 0 Å². The number of allylic oxidation sites excluding steroid dienone is 1. The Morgan fingerprint density at radius 3 is 2.93 bits per heavy atom. The molecular weight excluding hydrogens is 184 g/mol. The zero-order valence-corrected chi connectivity index (χ0v) is 9.12. The molecule has 1 nitrogen and oxygen atoms in total. The smallest absolute Gasteiger partial charge is 0.166 e. The van der Waals surface area contributed by atoms with Gasteiger partial charge in [-0.2, -0.15) is 0 Å². The molecule has 0 spiro atoms. The van der Waals surface area contributed by atoms with Crippen LogP contribution in [0.4, 0.5) is 0 Å². The number of fused-ring (bicyclic) bond motifs is 1. The van der Waals surface area contributed by atoms with E-state index >= 15 is 0 Å². The van der Waals surface area contributed by atoms with Crippen LogP contribution in [0.2, 0.25) is 0 Å². The van der Waals surface area contributed by atoms with Crippen molar-refractivity contribution in [3.05, 3.63) is 47.5 Å². The first kappa shape index (κ1) is 10.2. The van der Waals surface area contributed by atoms with E-state index in [0.717, 1.165) is 30.4 Å². The maximum Gasteiger partial charge on any atom is 0.166 e. The van der Waals surface area contributed by atoms with E-state index in [4.69, 9.17) is 0 Å². The summed E-state index contributed by atoms with van der Waals surface area (Å²) in [7, 11) is 0. The second kappa shape index (κ2) is 4.01. The standard InChI is InChI=1S/C14H16O/c1-10(2)9-12-8-7-11-5-3-4-6-13(11)14(12)15/h3-6,12H,1,7-9H2,2H3. The number of carbonyl (C=O) groups is 1. The van der Waals surface area contributed by atoms with Gasteiger partial charge in [-0.25, -0.2) is 0 Å². The highest BCUT2D eigenvalue weighted by atomic mass is 16.1. The molecule has 0 saturated heterocycles. The highest BCUT2D eigenvalue weighted by molar-refractivity contribution is 6.00. The summed E-state index contributed by atoms with van der Waals surface area (Å²) in [5, 5.41) is 0. The molecular formula is C14H16O. The fraction of sp³-hybridized carbons (Fsp3) is 0.357. The van der Waals surface area contributed by atoms with Crippen LogP contribution in [-0.2, 0) is 6.42 Å². The Kier molecular flexibility index (Phi) is 2.72. The van der Waals surface area contributed by atoms with Crippen molar-refractivity contribution in [1.82, 2.24) is 0 Å². The number of benzene rings is 1. The topological polar surface area (TPSA) is 17.1 Å². The Bertz CT molecular complexity index is 404.